The van der Waals surface area contributed by atoms with E-state index in [0.29, 0.717) is 25.3 Å². The van der Waals surface area contributed by atoms with Crippen LogP contribution in [0.2, 0.25) is 5.15 Å². The van der Waals surface area contributed by atoms with Gasteiger partial charge in [-0.25, -0.2) is 4.98 Å². The molecule has 0 aliphatic rings. The molecule has 26 heavy (non-hydrogen) atoms. The van der Waals surface area contributed by atoms with Crippen molar-refractivity contribution in [1.29, 1.82) is 0 Å². The number of hydrogen-bond acceptors (Lipinski definition) is 5. The Labute approximate surface area is 160 Å². The number of benzene rings is 2. The molecular weight excluding hydrogens is 392 g/mol. The Morgan fingerprint density at radius 2 is 1.92 bits per heavy atom. The summed E-state index contributed by atoms with van der Waals surface area (Å²) in [6, 6.07) is 14.4. The van der Waals surface area contributed by atoms with Gasteiger partial charge in [0.15, 0.2) is 21.2 Å². The van der Waals surface area contributed by atoms with Crippen LogP contribution in [-0.2, 0) is 11.2 Å². The predicted molar refractivity (Wildman–Crippen MR) is 102 cm³/mol. The highest BCUT2D eigenvalue weighted by atomic mass is 35.5. The van der Waals surface area contributed by atoms with Gasteiger partial charge in [-0.05, 0) is 24.3 Å². The first-order chi connectivity index (χ1) is 12.5. The van der Waals surface area contributed by atoms with E-state index in [-0.39, 0.29) is 16.6 Å². The smallest absolute Gasteiger partial charge is 0.292 e. The minimum atomic E-state index is -1.36. The zero-order chi connectivity index (χ0) is 18.4. The van der Waals surface area contributed by atoms with Gasteiger partial charge < -0.3 is 9.66 Å². The molecule has 0 saturated heterocycles. The van der Waals surface area contributed by atoms with Gasteiger partial charge in [0.05, 0.1) is 4.70 Å². The Bertz CT molecular complexity index is 1160. The van der Waals surface area contributed by atoms with Crippen molar-refractivity contribution in [1.82, 2.24) is 10.7 Å². The van der Waals surface area contributed by atoms with Crippen molar-refractivity contribution in [3.63, 3.8) is 0 Å². The fourth-order valence-corrected chi connectivity index (χ4v) is 5.28. The normalized spacial score (nSPS) is 12.5. The molecule has 0 bridgehead atoms. The van der Waals surface area contributed by atoms with Crippen molar-refractivity contribution in [3.8, 4) is 5.75 Å². The lowest BCUT2D eigenvalue weighted by atomic mass is 10.2. The molecule has 4 aromatic rings. The average molecular weight is 402 g/mol. The number of aromatic nitrogens is 1. The molecule has 1 unspecified atom stereocenters. The first-order valence-electron chi connectivity index (χ1n) is 7.45. The highest BCUT2D eigenvalue weighted by Gasteiger charge is 2.22. The maximum absolute atomic E-state index is 12.8. The zero-order valence-electron chi connectivity index (χ0n) is 13.0. The third-order valence-corrected chi connectivity index (χ3v) is 6.73. The topological polar surface area (TPSA) is 97.1 Å². The summed E-state index contributed by atoms with van der Waals surface area (Å²) in [6.45, 7) is 0. The van der Waals surface area contributed by atoms with Crippen molar-refractivity contribution >= 4 is 60.2 Å². The maximum Gasteiger partial charge on any atom is 0.292 e. The third-order valence-electron chi connectivity index (χ3n) is 3.90. The SMILES string of the molecule is [NH]C(=O)c1nc(Cl)c2c(sc3ccc([S+]([O-])c4ccccc4)cc32)c1O. The Balaban J connectivity index is 1.95. The molecule has 5 nitrogen and oxygen atoms in total. The molecular formula is C18H10ClN2O3S2. The van der Waals surface area contributed by atoms with Gasteiger partial charge in [-0.15, -0.1) is 11.3 Å². The van der Waals surface area contributed by atoms with Crippen LogP contribution in [-0.4, -0.2) is 20.6 Å². The van der Waals surface area contributed by atoms with E-state index < -0.39 is 17.1 Å². The molecule has 2 heterocycles. The fraction of sp³-hybridized carbons (Fsp3) is 0. The quantitative estimate of drug-likeness (QED) is 0.406. The number of nitrogens with one attached hydrogen (secondary N) is 1. The van der Waals surface area contributed by atoms with Crippen molar-refractivity contribution in [3.05, 3.63) is 59.4 Å². The minimum absolute atomic E-state index is 0.0299. The minimum Gasteiger partial charge on any atom is -0.606 e. The van der Waals surface area contributed by atoms with Gasteiger partial charge in [-0.2, -0.15) is 0 Å². The summed E-state index contributed by atoms with van der Waals surface area (Å²) >= 11 is 6.10. The van der Waals surface area contributed by atoms with Gasteiger partial charge >= 0.3 is 0 Å². The molecule has 1 atom stereocenters. The molecule has 0 aliphatic carbocycles. The van der Waals surface area contributed by atoms with Crippen LogP contribution in [0, 0.1) is 0 Å². The van der Waals surface area contributed by atoms with Gasteiger partial charge in [0.2, 0.25) is 0 Å². The second kappa shape index (κ2) is 6.44. The summed E-state index contributed by atoms with van der Waals surface area (Å²) in [5, 5.41) is 11.5. The molecule has 8 heteroatoms. The number of carbonyl (C=O) groups is 1. The Hall–Kier alpha value is -2.32. The molecule has 0 saturated carbocycles. The van der Waals surface area contributed by atoms with E-state index in [2.05, 4.69) is 4.98 Å². The van der Waals surface area contributed by atoms with Crippen LogP contribution < -0.4 is 5.73 Å². The van der Waals surface area contributed by atoms with Crippen molar-refractivity contribution < 1.29 is 14.5 Å². The Morgan fingerprint density at radius 3 is 2.62 bits per heavy atom. The van der Waals surface area contributed by atoms with Crippen LogP contribution in [0.15, 0.2) is 58.3 Å². The summed E-state index contributed by atoms with van der Waals surface area (Å²) in [4.78, 5) is 16.5. The first-order valence-corrected chi connectivity index (χ1v) is 9.79. The molecule has 4 rings (SSSR count). The largest absolute Gasteiger partial charge is 0.606 e. The fourth-order valence-electron chi connectivity index (χ4n) is 2.72. The molecule has 2 aromatic carbocycles. The molecule has 0 spiro atoms. The number of thiophene rings is 1. The van der Waals surface area contributed by atoms with Gasteiger partial charge in [0.25, 0.3) is 5.91 Å². The molecule has 1 radical (unpaired) electrons. The van der Waals surface area contributed by atoms with Crippen LogP contribution in [0.3, 0.4) is 0 Å². The third kappa shape index (κ3) is 2.69. The van der Waals surface area contributed by atoms with Crippen molar-refractivity contribution in [2.45, 2.75) is 9.79 Å². The number of rotatable bonds is 3. The van der Waals surface area contributed by atoms with Gasteiger partial charge in [0.1, 0.15) is 5.15 Å². The lowest BCUT2D eigenvalue weighted by Crippen LogP contribution is -2.03. The number of aromatic hydroxyl groups is 1. The lowest BCUT2D eigenvalue weighted by molar-refractivity contribution is 0.0985. The van der Waals surface area contributed by atoms with E-state index in [1.165, 1.54) is 11.3 Å². The molecule has 1 amide bonds. The maximum atomic E-state index is 12.8. The predicted octanol–water partition coefficient (Wildman–Crippen LogP) is 4.40. The second-order valence-corrected chi connectivity index (χ2v) is 8.37. The molecule has 0 fully saturated rings. The highest BCUT2D eigenvalue weighted by Crippen LogP contribution is 2.43. The first kappa shape index (κ1) is 17.1. The van der Waals surface area contributed by atoms with Crippen molar-refractivity contribution in [2.75, 3.05) is 0 Å². The van der Waals surface area contributed by atoms with Crippen LogP contribution in [0.5, 0.6) is 5.75 Å². The van der Waals surface area contributed by atoms with Crippen LogP contribution in [0.1, 0.15) is 10.5 Å². The van der Waals surface area contributed by atoms with Gasteiger partial charge in [-0.1, -0.05) is 29.8 Å². The van der Waals surface area contributed by atoms with E-state index >= 15 is 0 Å². The van der Waals surface area contributed by atoms with Crippen LogP contribution in [0.25, 0.3) is 20.2 Å². The number of amides is 1. The summed E-state index contributed by atoms with van der Waals surface area (Å²) in [6.07, 6.45) is 0. The van der Waals surface area contributed by atoms with E-state index in [0.717, 1.165) is 4.70 Å². The Kier molecular flexibility index (Phi) is 4.24. The number of fused-ring (bicyclic) bond motifs is 3. The van der Waals surface area contributed by atoms with Crippen LogP contribution >= 0.6 is 22.9 Å². The molecule has 0 aliphatic heterocycles. The Morgan fingerprint density at radius 1 is 1.19 bits per heavy atom. The van der Waals surface area contributed by atoms with E-state index in [1.54, 1.807) is 30.3 Å². The van der Waals surface area contributed by atoms with E-state index in [9.17, 15) is 14.5 Å². The van der Waals surface area contributed by atoms with E-state index in [1.807, 2.05) is 18.2 Å². The van der Waals surface area contributed by atoms with Crippen molar-refractivity contribution in [2.24, 2.45) is 0 Å². The number of hydrogen-bond donors (Lipinski definition) is 1. The van der Waals surface area contributed by atoms with E-state index in [4.69, 9.17) is 17.3 Å². The summed E-state index contributed by atoms with van der Waals surface area (Å²) in [7, 11) is 0. The lowest BCUT2D eigenvalue weighted by Gasteiger charge is -2.09. The molecule has 2 N–H and O–H groups in total. The summed E-state index contributed by atoms with van der Waals surface area (Å²) < 4.78 is 14.0. The standard InChI is InChI=1S/C18H10ClN2O3S2/c19-17-13-11-8-10(26(24)9-4-2-1-3-5-9)6-7-12(11)25-16(13)15(22)14(21-17)18(20)23/h1-8,20,22H. The van der Waals surface area contributed by atoms with Crippen LogP contribution in [0.4, 0.5) is 0 Å². The molecule has 2 aromatic heterocycles. The highest BCUT2D eigenvalue weighted by molar-refractivity contribution is 7.91. The number of nitrogens with zero attached hydrogens (tertiary/aromatic N) is 1. The zero-order valence-corrected chi connectivity index (χ0v) is 15.4. The summed E-state index contributed by atoms with van der Waals surface area (Å²) in [5.41, 5.74) is 6.82. The van der Waals surface area contributed by atoms with Gasteiger partial charge in [0, 0.05) is 32.7 Å². The number of carbonyl (C=O) groups excluding carboxylic acids is 1. The van der Waals surface area contributed by atoms with Gasteiger partial charge in [-0.3, -0.25) is 10.5 Å². The number of halogens is 1. The average Bonchev–Trinajstić information content (AvgIpc) is 3.04. The summed E-state index contributed by atoms with van der Waals surface area (Å²) in [5.74, 6) is -1.45. The monoisotopic (exact) mass is 401 g/mol. The molecule has 129 valence electrons. The number of pyridine rings is 1. The second-order valence-electron chi connectivity index (χ2n) is 5.47.